The topological polar surface area (TPSA) is 112 Å². The molecule has 3 saturated carbocycles. The zero-order valence-electron chi connectivity index (χ0n) is 32.4. The minimum atomic E-state index is -0.616. The number of aromatic nitrogens is 3. The maximum absolute atomic E-state index is 13.5. The van der Waals surface area contributed by atoms with E-state index in [2.05, 4.69) is 85.0 Å². The quantitative estimate of drug-likeness (QED) is 0.253. The van der Waals surface area contributed by atoms with Gasteiger partial charge in [-0.15, -0.1) is 0 Å². The maximum Gasteiger partial charge on any atom is 0.307 e. The number of carboxylic acids is 1. The Kier molecular flexibility index (Phi) is 9.22. The third-order valence-corrected chi connectivity index (χ3v) is 16.2. The van der Waals surface area contributed by atoms with Crippen molar-refractivity contribution >= 4 is 12.0 Å². The summed E-state index contributed by atoms with van der Waals surface area (Å²) in [6, 6.07) is -0.0455. The summed E-state index contributed by atoms with van der Waals surface area (Å²) in [6.45, 7) is 26.5. The molecule has 0 spiro atoms. The Hall–Kier alpha value is -2.03. The van der Waals surface area contributed by atoms with Crippen molar-refractivity contribution in [2.24, 2.45) is 68.3 Å². The Labute approximate surface area is 296 Å². The molecular formula is C41H66N4O4. The van der Waals surface area contributed by atoms with Gasteiger partial charge in [0.1, 0.15) is 6.33 Å². The first kappa shape index (κ1) is 36.8. The molecule has 1 saturated heterocycles. The zero-order valence-corrected chi connectivity index (χ0v) is 32.4. The van der Waals surface area contributed by atoms with Crippen LogP contribution in [0.4, 0.5) is 0 Å². The summed E-state index contributed by atoms with van der Waals surface area (Å²) in [6.07, 6.45) is 13.9. The molecule has 8 nitrogen and oxygen atoms in total. The smallest absolute Gasteiger partial charge is 0.307 e. The number of allylic oxidation sites excluding steroid dienone is 2. The molecule has 1 aromatic heterocycles. The molecule has 2 bridgehead atoms. The first-order valence-electron chi connectivity index (χ1n) is 19.3. The van der Waals surface area contributed by atoms with Gasteiger partial charge >= 0.3 is 5.97 Å². The number of nitrogens with zero attached hydrogens (tertiary/aromatic N) is 3. The van der Waals surface area contributed by atoms with Gasteiger partial charge in [0.15, 0.2) is 5.82 Å². The largest absolute Gasteiger partial charge is 0.481 e. The van der Waals surface area contributed by atoms with Crippen LogP contribution in [-0.2, 0) is 14.3 Å². The van der Waals surface area contributed by atoms with Crippen LogP contribution in [0.2, 0.25) is 0 Å². The van der Waals surface area contributed by atoms with E-state index < -0.39 is 17.4 Å². The lowest BCUT2D eigenvalue weighted by molar-refractivity contribution is -0.252. The molecule has 0 unspecified atom stereocenters. The van der Waals surface area contributed by atoms with Gasteiger partial charge in [0.05, 0.1) is 37.9 Å². The number of fused-ring (bicyclic) bond motifs is 3. The minimum Gasteiger partial charge on any atom is -0.481 e. The van der Waals surface area contributed by atoms with Gasteiger partial charge in [-0.05, 0) is 104 Å². The fourth-order valence-corrected chi connectivity index (χ4v) is 12.3. The third kappa shape index (κ3) is 5.18. The Morgan fingerprint density at radius 3 is 2.49 bits per heavy atom. The van der Waals surface area contributed by atoms with Crippen LogP contribution < -0.4 is 5.73 Å². The second-order valence-electron chi connectivity index (χ2n) is 19.1. The van der Waals surface area contributed by atoms with E-state index in [1.807, 2.05) is 19.1 Å². The molecule has 0 aromatic carbocycles. The van der Waals surface area contributed by atoms with Crippen molar-refractivity contribution in [3.8, 4) is 0 Å². The molecule has 0 amide bonds. The molecule has 2 heterocycles. The monoisotopic (exact) mass is 679 g/mol. The van der Waals surface area contributed by atoms with Gasteiger partial charge in [0.25, 0.3) is 0 Å². The number of hydrogen-bond acceptors (Lipinski definition) is 6. The van der Waals surface area contributed by atoms with E-state index in [1.54, 1.807) is 6.33 Å². The van der Waals surface area contributed by atoms with Crippen LogP contribution in [0.5, 0.6) is 0 Å². The normalized spacial score (nSPS) is 43.8. The molecule has 49 heavy (non-hydrogen) atoms. The summed E-state index contributed by atoms with van der Waals surface area (Å²) >= 11 is 0. The van der Waals surface area contributed by atoms with Crippen LogP contribution in [0.15, 0.2) is 24.1 Å². The SMILES string of the molecule is C/C=C\c1ncnn1[C@@H]1C[C@@]23COC[C@](C)([C@@H]2CC[C@H]2C3=CC[C@@]3(C)[C@H](C(=O)O)[C@@](C)([C@H](C)C(C)C)CC[C@]23C)[C@H]1OC[C@](C)(N)C(C)C. The average molecular weight is 679 g/mol. The van der Waals surface area contributed by atoms with Gasteiger partial charge in [0.2, 0.25) is 0 Å². The predicted molar refractivity (Wildman–Crippen MR) is 195 cm³/mol. The molecule has 8 heteroatoms. The highest BCUT2D eigenvalue weighted by molar-refractivity contribution is 5.73. The number of nitrogens with two attached hydrogens (primary N) is 1. The van der Waals surface area contributed by atoms with Crippen molar-refractivity contribution in [2.45, 2.75) is 132 Å². The van der Waals surface area contributed by atoms with Crippen molar-refractivity contribution in [3.05, 3.63) is 29.9 Å². The van der Waals surface area contributed by atoms with E-state index in [4.69, 9.17) is 20.3 Å². The van der Waals surface area contributed by atoms with E-state index in [9.17, 15) is 9.90 Å². The van der Waals surface area contributed by atoms with Crippen LogP contribution in [-0.4, -0.2) is 57.3 Å². The summed E-state index contributed by atoms with van der Waals surface area (Å²) in [7, 11) is 0. The summed E-state index contributed by atoms with van der Waals surface area (Å²) in [4.78, 5) is 18.2. The fourth-order valence-electron chi connectivity index (χ4n) is 12.3. The molecular weight excluding hydrogens is 612 g/mol. The molecule has 4 fully saturated rings. The van der Waals surface area contributed by atoms with Crippen LogP contribution in [0.1, 0.15) is 127 Å². The van der Waals surface area contributed by atoms with Gasteiger partial charge in [-0.25, -0.2) is 9.67 Å². The molecule has 1 aliphatic heterocycles. The lowest BCUT2D eigenvalue weighted by atomic mass is 9.34. The van der Waals surface area contributed by atoms with Crippen molar-refractivity contribution in [1.29, 1.82) is 0 Å². The van der Waals surface area contributed by atoms with Crippen LogP contribution in [0, 0.1) is 62.6 Å². The number of aliphatic carboxylic acids is 1. The van der Waals surface area contributed by atoms with Crippen LogP contribution >= 0.6 is 0 Å². The Balaban J connectivity index is 1.47. The number of hydrogen-bond donors (Lipinski definition) is 2. The highest BCUT2D eigenvalue weighted by Gasteiger charge is 2.72. The Morgan fingerprint density at radius 2 is 1.86 bits per heavy atom. The molecule has 5 aliphatic rings. The van der Waals surface area contributed by atoms with E-state index >= 15 is 0 Å². The van der Waals surface area contributed by atoms with Gasteiger partial charge in [-0.3, -0.25) is 4.79 Å². The molecule has 3 N–H and O–H groups in total. The van der Waals surface area contributed by atoms with E-state index in [0.717, 1.165) is 44.3 Å². The Morgan fingerprint density at radius 1 is 1.14 bits per heavy atom. The van der Waals surface area contributed by atoms with Gasteiger partial charge in [-0.1, -0.05) is 80.0 Å². The predicted octanol–water partition coefficient (Wildman–Crippen LogP) is 8.20. The number of carboxylic acid groups (broad SMARTS) is 1. The standard InChI is InChI=1S/C41H66N4O4/c1-12-13-32-43-24-44-45(32)30-20-41-23-48-21-37(8,34(30)49-22-40(11,42)26(4)5)31(41)15-14-28-29(41)16-17-39(10)33(35(46)47)36(7,27(6)25(2)3)18-19-38(28,39)9/h12-13,16,24-28,30-31,33-34H,14-15,17-23,42H2,1-11H3,(H,46,47)/b13-12-/t27-,28+,30-,31+,33-,34+,36-,37-,38-,39+,40+,41+/m1/s1. The second-order valence-corrected chi connectivity index (χ2v) is 19.1. The first-order chi connectivity index (χ1) is 22.8. The molecule has 6 rings (SSSR count). The Bertz CT molecular complexity index is 1480. The molecule has 12 atom stereocenters. The molecule has 0 radical (unpaired) electrons. The highest BCUT2D eigenvalue weighted by Crippen LogP contribution is 2.75. The van der Waals surface area contributed by atoms with Crippen molar-refractivity contribution in [2.75, 3.05) is 19.8 Å². The van der Waals surface area contributed by atoms with Crippen molar-refractivity contribution in [1.82, 2.24) is 14.8 Å². The minimum absolute atomic E-state index is 0.0455. The third-order valence-electron chi connectivity index (χ3n) is 16.2. The first-order valence-corrected chi connectivity index (χ1v) is 19.3. The lowest BCUT2D eigenvalue weighted by Crippen LogP contribution is -2.69. The zero-order chi connectivity index (χ0) is 35.9. The molecule has 4 aliphatic carbocycles. The summed E-state index contributed by atoms with van der Waals surface area (Å²) in [5.74, 6) is 1.53. The molecule has 274 valence electrons. The van der Waals surface area contributed by atoms with Gasteiger partial charge in [0, 0.05) is 16.4 Å². The summed E-state index contributed by atoms with van der Waals surface area (Å²) in [5, 5.41) is 15.9. The number of rotatable bonds is 9. The molecule has 1 aromatic rings. The van der Waals surface area contributed by atoms with Gasteiger partial charge in [-0.2, -0.15) is 5.10 Å². The van der Waals surface area contributed by atoms with E-state index in [0.29, 0.717) is 43.5 Å². The van der Waals surface area contributed by atoms with Crippen molar-refractivity contribution in [3.63, 3.8) is 0 Å². The van der Waals surface area contributed by atoms with E-state index in [-0.39, 0.29) is 45.1 Å². The summed E-state index contributed by atoms with van der Waals surface area (Å²) < 4.78 is 15.9. The van der Waals surface area contributed by atoms with Gasteiger partial charge < -0.3 is 20.3 Å². The second kappa shape index (κ2) is 12.3. The van der Waals surface area contributed by atoms with Crippen LogP contribution in [0.25, 0.3) is 6.08 Å². The van der Waals surface area contributed by atoms with Crippen molar-refractivity contribution < 1.29 is 19.4 Å². The average Bonchev–Trinajstić information content (AvgIpc) is 3.48. The van der Waals surface area contributed by atoms with Crippen LogP contribution in [0.3, 0.4) is 0 Å². The lowest BCUT2D eigenvalue weighted by Gasteiger charge is -2.71. The fraction of sp³-hybridized carbons (Fsp3) is 0.829. The number of carbonyl (C=O) groups is 1. The summed E-state index contributed by atoms with van der Waals surface area (Å²) in [5.41, 5.74) is 6.71. The number of ether oxygens (including phenoxy) is 2. The maximum atomic E-state index is 13.5. The van der Waals surface area contributed by atoms with E-state index in [1.165, 1.54) is 5.57 Å². The highest BCUT2D eigenvalue weighted by atomic mass is 16.5.